The number of hydrogen-bond acceptors (Lipinski definition) is 7. The summed E-state index contributed by atoms with van der Waals surface area (Å²) < 4.78 is 0. The molecule has 15 heteroatoms. The molecule has 1 aromatic rings. The highest BCUT2D eigenvalue weighted by atomic mass is 16.4. The smallest absolute Gasteiger partial charge is 0.305 e. The van der Waals surface area contributed by atoms with Crippen LogP contribution in [0.1, 0.15) is 48.5 Å². The number of hydrogen-bond donors (Lipinski definition) is 7. The number of rotatable bonds is 7. The van der Waals surface area contributed by atoms with E-state index in [9.17, 15) is 33.9 Å². The molecule has 0 saturated carbocycles. The minimum Gasteiger partial charge on any atom is -0.481 e. The Balaban J connectivity index is 2.40. The number of nitrogens with one attached hydrogen (secondary N) is 5. The van der Waals surface area contributed by atoms with Crippen molar-refractivity contribution in [2.75, 3.05) is 27.2 Å². The molecular formula is C26H38N8O7. The second kappa shape index (κ2) is 15.2. The molecule has 0 spiro atoms. The zero-order valence-corrected chi connectivity index (χ0v) is 23.4. The molecule has 1 aliphatic heterocycles. The summed E-state index contributed by atoms with van der Waals surface area (Å²) in [5.41, 5.74) is 6.23. The third-order valence-electron chi connectivity index (χ3n) is 6.62. The number of aliphatic carboxylic acids is 1. The Labute approximate surface area is 237 Å². The second-order valence-corrected chi connectivity index (χ2v) is 9.70. The van der Waals surface area contributed by atoms with Gasteiger partial charge in [0.05, 0.1) is 13.0 Å². The fourth-order valence-corrected chi connectivity index (χ4v) is 4.17. The third kappa shape index (κ3) is 9.77. The minimum absolute atomic E-state index is 0.0535. The van der Waals surface area contributed by atoms with Crippen LogP contribution in [0.5, 0.6) is 0 Å². The summed E-state index contributed by atoms with van der Waals surface area (Å²) in [6, 6.07) is 2.88. The van der Waals surface area contributed by atoms with Gasteiger partial charge in [-0.05, 0) is 37.0 Å². The molecule has 41 heavy (non-hydrogen) atoms. The van der Waals surface area contributed by atoms with Crippen LogP contribution in [0.4, 0.5) is 0 Å². The van der Waals surface area contributed by atoms with Gasteiger partial charge in [-0.3, -0.25) is 34.2 Å². The van der Waals surface area contributed by atoms with Gasteiger partial charge in [0.15, 0.2) is 5.96 Å². The van der Waals surface area contributed by atoms with Gasteiger partial charge in [0.2, 0.25) is 23.6 Å². The molecule has 2 bridgehead atoms. The predicted molar refractivity (Wildman–Crippen MR) is 147 cm³/mol. The van der Waals surface area contributed by atoms with Crippen LogP contribution in [0.2, 0.25) is 0 Å². The molecule has 1 aromatic carbocycles. The van der Waals surface area contributed by atoms with Crippen LogP contribution < -0.4 is 27.0 Å². The van der Waals surface area contributed by atoms with Crippen molar-refractivity contribution >= 4 is 41.5 Å². The van der Waals surface area contributed by atoms with Gasteiger partial charge in [0.25, 0.3) is 5.91 Å². The quantitative estimate of drug-likeness (QED) is 0.146. The maximum atomic E-state index is 13.4. The molecule has 15 nitrogen and oxygen atoms in total. The molecule has 224 valence electrons. The Morgan fingerprint density at radius 3 is 2.41 bits per heavy atom. The predicted octanol–water partition coefficient (Wildman–Crippen LogP) is -1.67. The minimum atomic E-state index is -1.42. The largest absolute Gasteiger partial charge is 0.481 e. The molecular weight excluding hydrogens is 536 g/mol. The lowest BCUT2D eigenvalue weighted by Crippen LogP contribution is -2.56. The average molecular weight is 575 g/mol. The van der Waals surface area contributed by atoms with Gasteiger partial charge in [-0.2, -0.15) is 0 Å². The topological polar surface area (TPSA) is 227 Å². The van der Waals surface area contributed by atoms with E-state index in [-0.39, 0.29) is 30.9 Å². The molecule has 0 saturated heterocycles. The maximum absolute atomic E-state index is 13.4. The summed E-state index contributed by atoms with van der Waals surface area (Å²) in [5, 5.41) is 26.8. The number of carbonyl (C=O) groups is 6. The number of likely N-dealkylation sites (N-methyl/N-ethyl adjacent to an activating group) is 1. The van der Waals surface area contributed by atoms with Crippen LogP contribution in [0.3, 0.4) is 0 Å². The molecule has 3 unspecified atom stereocenters. The van der Waals surface area contributed by atoms with Crippen molar-refractivity contribution < 1.29 is 33.9 Å². The second-order valence-electron chi connectivity index (χ2n) is 9.70. The molecule has 2 rings (SSSR count). The SMILES string of the molecule is CCC1NC(=O)c2cccc(c2)CNC(=O)C(CC(=O)O)NC(=O)CNC(=O)C(CCCN(C)C(=N)N)N(C)C1=O. The number of benzene rings is 1. The number of fused-ring (bicyclic) bond motifs is 2. The number of carboxylic acid groups (broad SMARTS) is 1. The summed E-state index contributed by atoms with van der Waals surface area (Å²) in [4.78, 5) is 79.0. The van der Waals surface area contributed by atoms with E-state index in [0.29, 0.717) is 18.5 Å². The highest BCUT2D eigenvalue weighted by Crippen LogP contribution is 2.12. The van der Waals surface area contributed by atoms with Crippen LogP contribution >= 0.6 is 0 Å². The van der Waals surface area contributed by atoms with E-state index >= 15 is 0 Å². The molecule has 8 N–H and O–H groups in total. The number of guanidine groups is 1. The van der Waals surface area contributed by atoms with E-state index in [2.05, 4.69) is 21.3 Å². The first-order valence-electron chi connectivity index (χ1n) is 13.1. The average Bonchev–Trinajstić information content (AvgIpc) is 2.93. The van der Waals surface area contributed by atoms with Crippen molar-refractivity contribution in [3.63, 3.8) is 0 Å². The zero-order chi connectivity index (χ0) is 30.7. The normalized spacial score (nSPS) is 21.0. The van der Waals surface area contributed by atoms with E-state index in [1.807, 2.05) is 0 Å². The van der Waals surface area contributed by atoms with E-state index in [1.54, 1.807) is 26.1 Å². The van der Waals surface area contributed by atoms with Crippen LogP contribution in [-0.4, -0.2) is 102 Å². The van der Waals surface area contributed by atoms with Gasteiger partial charge >= 0.3 is 5.97 Å². The Bertz CT molecular complexity index is 1170. The lowest BCUT2D eigenvalue weighted by Gasteiger charge is -2.31. The molecule has 1 heterocycles. The molecule has 5 amide bonds. The maximum Gasteiger partial charge on any atom is 0.305 e. The number of carbonyl (C=O) groups excluding carboxylic acids is 5. The molecule has 0 fully saturated rings. The van der Waals surface area contributed by atoms with Gasteiger partial charge in [-0.1, -0.05) is 19.1 Å². The van der Waals surface area contributed by atoms with Gasteiger partial charge in [-0.25, -0.2) is 0 Å². The van der Waals surface area contributed by atoms with Gasteiger partial charge in [0, 0.05) is 32.7 Å². The van der Waals surface area contributed by atoms with E-state index in [1.165, 1.54) is 29.0 Å². The van der Waals surface area contributed by atoms with Crippen molar-refractivity contribution in [1.29, 1.82) is 5.41 Å². The first kappa shape index (κ1) is 32.5. The Kier molecular flexibility index (Phi) is 12.0. The summed E-state index contributed by atoms with van der Waals surface area (Å²) >= 11 is 0. The lowest BCUT2D eigenvalue weighted by molar-refractivity contribution is -0.141. The van der Waals surface area contributed by atoms with Crippen LogP contribution in [0, 0.1) is 5.41 Å². The number of amides is 5. The standard InChI is InChI=1S/C26H38N8O7/c1-4-17-25(41)34(3)19(9-6-10-33(2)26(27)28)24(40)30-14-20(35)31-18(12-21(36)37)23(39)29-13-15-7-5-8-16(11-15)22(38)32-17/h5,7-8,11,17-19H,4,6,9-10,12-14H2,1-3H3,(H3,27,28)(H,29,39)(H,30,40)(H,31,35)(H,32,38)(H,36,37). The van der Waals surface area contributed by atoms with Gasteiger partial charge in [-0.15, -0.1) is 0 Å². The summed E-state index contributed by atoms with van der Waals surface area (Å²) in [7, 11) is 3.02. The van der Waals surface area contributed by atoms with Crippen molar-refractivity contribution in [1.82, 2.24) is 31.1 Å². The zero-order valence-electron chi connectivity index (χ0n) is 23.4. The number of carboxylic acids is 1. The van der Waals surface area contributed by atoms with Crippen LogP contribution in [0.15, 0.2) is 24.3 Å². The summed E-state index contributed by atoms with van der Waals surface area (Å²) in [5.74, 6) is -4.77. The first-order valence-corrected chi connectivity index (χ1v) is 13.1. The van der Waals surface area contributed by atoms with Crippen LogP contribution in [0.25, 0.3) is 0 Å². The lowest BCUT2D eigenvalue weighted by atomic mass is 10.1. The Morgan fingerprint density at radius 2 is 1.78 bits per heavy atom. The van der Waals surface area contributed by atoms with Gasteiger partial charge in [0.1, 0.15) is 18.1 Å². The fourth-order valence-electron chi connectivity index (χ4n) is 4.17. The van der Waals surface area contributed by atoms with Crippen molar-refractivity contribution in [3.8, 4) is 0 Å². The van der Waals surface area contributed by atoms with Crippen molar-refractivity contribution in [2.24, 2.45) is 5.73 Å². The molecule has 3 atom stereocenters. The van der Waals surface area contributed by atoms with E-state index in [4.69, 9.17) is 11.1 Å². The molecule has 0 aromatic heterocycles. The molecule has 0 aliphatic carbocycles. The monoisotopic (exact) mass is 574 g/mol. The number of nitrogens with two attached hydrogens (primary N) is 1. The number of nitrogens with zero attached hydrogens (tertiary/aromatic N) is 2. The highest BCUT2D eigenvalue weighted by molar-refractivity contribution is 5.99. The van der Waals surface area contributed by atoms with Crippen LogP contribution in [-0.2, 0) is 30.5 Å². The summed E-state index contributed by atoms with van der Waals surface area (Å²) in [6.07, 6.45) is 0.0356. The highest BCUT2D eigenvalue weighted by Gasteiger charge is 2.32. The Hall–Kier alpha value is -4.69. The van der Waals surface area contributed by atoms with Crippen molar-refractivity contribution in [3.05, 3.63) is 35.4 Å². The van der Waals surface area contributed by atoms with Crippen molar-refractivity contribution in [2.45, 2.75) is 57.3 Å². The van der Waals surface area contributed by atoms with Gasteiger partial charge < -0.3 is 41.9 Å². The Morgan fingerprint density at radius 1 is 1.10 bits per heavy atom. The summed E-state index contributed by atoms with van der Waals surface area (Å²) in [6.45, 7) is 1.40. The van der Waals surface area contributed by atoms with E-state index < -0.39 is 66.6 Å². The molecule has 0 radical (unpaired) electrons. The molecule has 1 aliphatic rings. The third-order valence-corrected chi connectivity index (χ3v) is 6.62. The first-order chi connectivity index (χ1) is 19.3. The van der Waals surface area contributed by atoms with E-state index in [0.717, 1.165) is 0 Å². The fraction of sp³-hybridized carbons (Fsp3) is 0.500.